The summed E-state index contributed by atoms with van der Waals surface area (Å²) in [5.41, 5.74) is 2.90. The van der Waals surface area contributed by atoms with Gasteiger partial charge in [-0.2, -0.15) is 22.5 Å². The number of amides is 1. The van der Waals surface area contributed by atoms with Gasteiger partial charge in [-0.05, 0) is 35.7 Å². The van der Waals surface area contributed by atoms with E-state index in [4.69, 9.17) is 11.6 Å². The molecule has 1 aliphatic heterocycles. The van der Waals surface area contributed by atoms with Crippen LogP contribution in [0.25, 0.3) is 11.1 Å². The summed E-state index contributed by atoms with van der Waals surface area (Å²) in [6, 6.07) is 9.64. The Morgan fingerprint density at radius 1 is 1.19 bits per heavy atom. The fourth-order valence-electron chi connectivity index (χ4n) is 3.60. The van der Waals surface area contributed by atoms with Crippen LogP contribution in [0.1, 0.15) is 18.0 Å². The molecule has 4 rings (SSSR count). The first-order chi connectivity index (χ1) is 15.1. The van der Waals surface area contributed by atoms with Crippen LogP contribution in [0.4, 0.5) is 10.1 Å². The van der Waals surface area contributed by atoms with Crippen molar-refractivity contribution >= 4 is 33.4 Å². The van der Waals surface area contributed by atoms with Crippen LogP contribution < -0.4 is 10.0 Å². The Labute approximate surface area is 190 Å². The van der Waals surface area contributed by atoms with Crippen LogP contribution in [0.5, 0.6) is 0 Å². The standard InChI is InChI=1S/C21H21ClFN5O3S/c1-27-12-15(11-24-27)13-3-5-14(6-4-13)19-10-20(28(2)32(30,31)26-19)21(29)25-16-7-8-18(23)17(22)9-16/h3-9,11-12,19-20,26H,10H2,1-2H3,(H,25,29)/t19-,20+/m1/s1. The number of benzene rings is 2. The number of hydrogen-bond donors (Lipinski definition) is 2. The number of likely N-dealkylation sites (N-methyl/N-ethyl adjacent to an activating group) is 1. The quantitative estimate of drug-likeness (QED) is 0.603. The van der Waals surface area contributed by atoms with Gasteiger partial charge in [-0.3, -0.25) is 9.48 Å². The van der Waals surface area contributed by atoms with E-state index >= 15 is 0 Å². The number of nitrogens with zero attached hydrogens (tertiary/aromatic N) is 3. The van der Waals surface area contributed by atoms with E-state index in [9.17, 15) is 17.6 Å². The van der Waals surface area contributed by atoms with Crippen LogP contribution in [0.15, 0.2) is 54.9 Å². The Bertz CT molecular complexity index is 1260. The maximum Gasteiger partial charge on any atom is 0.280 e. The topological polar surface area (TPSA) is 96.3 Å². The van der Waals surface area contributed by atoms with Crippen molar-refractivity contribution in [2.24, 2.45) is 7.05 Å². The molecule has 8 nitrogen and oxygen atoms in total. The first-order valence-electron chi connectivity index (χ1n) is 9.74. The van der Waals surface area contributed by atoms with Crippen LogP contribution in [0.2, 0.25) is 5.02 Å². The van der Waals surface area contributed by atoms with E-state index in [1.807, 2.05) is 37.5 Å². The lowest BCUT2D eigenvalue weighted by atomic mass is 9.97. The molecule has 0 spiro atoms. The fourth-order valence-corrected chi connectivity index (χ4v) is 5.06. The second kappa shape index (κ2) is 8.62. The third kappa shape index (κ3) is 4.53. The molecule has 2 aromatic carbocycles. The summed E-state index contributed by atoms with van der Waals surface area (Å²) in [4.78, 5) is 12.9. The largest absolute Gasteiger partial charge is 0.325 e. The van der Waals surface area contributed by atoms with Crippen molar-refractivity contribution in [3.63, 3.8) is 0 Å². The average molecular weight is 478 g/mol. The number of anilines is 1. The van der Waals surface area contributed by atoms with Gasteiger partial charge >= 0.3 is 0 Å². The molecule has 11 heteroatoms. The van der Waals surface area contributed by atoms with Crippen molar-refractivity contribution < 1.29 is 17.6 Å². The fraction of sp³-hybridized carbons (Fsp3) is 0.238. The molecular formula is C21H21ClFN5O3S. The minimum absolute atomic E-state index is 0.138. The maximum atomic E-state index is 13.4. The SMILES string of the molecule is CN1[C@H](C(=O)Nc2ccc(F)c(Cl)c2)C[C@H](c2ccc(-c3cnn(C)c3)cc2)NS1(=O)=O. The summed E-state index contributed by atoms with van der Waals surface area (Å²) in [5.74, 6) is -1.14. The molecule has 1 aromatic heterocycles. The molecule has 32 heavy (non-hydrogen) atoms. The number of hydrogen-bond acceptors (Lipinski definition) is 4. The maximum absolute atomic E-state index is 13.4. The average Bonchev–Trinajstić information content (AvgIpc) is 3.19. The van der Waals surface area contributed by atoms with Crippen molar-refractivity contribution in [3.05, 3.63) is 71.3 Å². The molecule has 2 heterocycles. The molecule has 0 aliphatic carbocycles. The molecule has 2 N–H and O–H groups in total. The van der Waals surface area contributed by atoms with Gasteiger partial charge in [0.05, 0.1) is 11.2 Å². The van der Waals surface area contributed by atoms with Crippen molar-refractivity contribution in [1.29, 1.82) is 0 Å². The van der Waals surface area contributed by atoms with E-state index in [0.29, 0.717) is 0 Å². The van der Waals surface area contributed by atoms with Gasteiger partial charge < -0.3 is 5.32 Å². The summed E-state index contributed by atoms with van der Waals surface area (Å²) < 4.78 is 44.1. The molecule has 1 saturated heterocycles. The molecule has 0 saturated carbocycles. The molecule has 0 unspecified atom stereocenters. The highest BCUT2D eigenvalue weighted by Gasteiger charge is 2.40. The number of halogens is 2. The van der Waals surface area contributed by atoms with Gasteiger partial charge in [-0.15, -0.1) is 0 Å². The molecule has 1 aliphatic rings. The number of nitrogens with one attached hydrogen (secondary N) is 2. The zero-order valence-electron chi connectivity index (χ0n) is 17.3. The second-order valence-corrected chi connectivity index (χ2v) is 9.76. The van der Waals surface area contributed by atoms with E-state index in [-0.39, 0.29) is 17.1 Å². The lowest BCUT2D eigenvalue weighted by Crippen LogP contribution is -2.55. The van der Waals surface area contributed by atoms with Crippen molar-refractivity contribution in [3.8, 4) is 11.1 Å². The van der Waals surface area contributed by atoms with Crippen LogP contribution in [0.3, 0.4) is 0 Å². The van der Waals surface area contributed by atoms with Gasteiger partial charge in [0.2, 0.25) is 5.91 Å². The predicted octanol–water partition coefficient (Wildman–Crippen LogP) is 3.10. The van der Waals surface area contributed by atoms with Gasteiger partial charge in [0, 0.05) is 37.6 Å². The highest BCUT2D eigenvalue weighted by atomic mass is 35.5. The smallest absolute Gasteiger partial charge is 0.280 e. The zero-order valence-corrected chi connectivity index (χ0v) is 18.9. The minimum Gasteiger partial charge on any atom is -0.325 e. The first kappa shape index (κ1) is 22.4. The molecular weight excluding hydrogens is 457 g/mol. The molecule has 3 aromatic rings. The van der Waals surface area contributed by atoms with Gasteiger partial charge in [0.25, 0.3) is 10.2 Å². The molecule has 1 amide bonds. The third-order valence-corrected chi connectivity index (χ3v) is 7.29. The molecule has 168 valence electrons. The molecule has 1 fully saturated rings. The van der Waals surface area contributed by atoms with E-state index in [1.165, 1.54) is 19.2 Å². The lowest BCUT2D eigenvalue weighted by molar-refractivity contribution is -0.120. The number of aromatic nitrogens is 2. The normalized spacial score (nSPS) is 20.8. The van der Waals surface area contributed by atoms with Crippen molar-refractivity contribution in [1.82, 2.24) is 18.8 Å². The molecule has 0 bridgehead atoms. The Morgan fingerprint density at radius 2 is 1.91 bits per heavy atom. The monoisotopic (exact) mass is 477 g/mol. The molecule has 0 radical (unpaired) electrons. The van der Waals surface area contributed by atoms with Crippen LogP contribution in [-0.4, -0.2) is 41.5 Å². The summed E-state index contributed by atoms with van der Waals surface area (Å²) in [6.45, 7) is 0. The Morgan fingerprint density at radius 3 is 2.53 bits per heavy atom. The van der Waals surface area contributed by atoms with Gasteiger partial charge in [-0.1, -0.05) is 35.9 Å². The van der Waals surface area contributed by atoms with Gasteiger partial charge in [0.1, 0.15) is 11.9 Å². The number of carbonyl (C=O) groups is 1. The number of aryl methyl sites for hydroxylation is 1. The number of rotatable bonds is 4. The van der Waals surface area contributed by atoms with E-state index < -0.39 is 34.0 Å². The third-order valence-electron chi connectivity index (χ3n) is 5.41. The van der Waals surface area contributed by atoms with Crippen LogP contribution >= 0.6 is 11.6 Å². The highest BCUT2D eigenvalue weighted by Crippen LogP contribution is 2.30. The van der Waals surface area contributed by atoms with Gasteiger partial charge in [0.15, 0.2) is 0 Å². The van der Waals surface area contributed by atoms with E-state index in [1.54, 1.807) is 10.9 Å². The zero-order chi connectivity index (χ0) is 23.0. The highest BCUT2D eigenvalue weighted by molar-refractivity contribution is 7.87. The van der Waals surface area contributed by atoms with Crippen LogP contribution in [0, 0.1) is 5.82 Å². The van der Waals surface area contributed by atoms with E-state index in [0.717, 1.165) is 27.1 Å². The Kier molecular flexibility index (Phi) is 6.04. The molecule has 2 atom stereocenters. The Hall–Kier alpha value is -2.79. The van der Waals surface area contributed by atoms with Crippen LogP contribution in [-0.2, 0) is 22.1 Å². The van der Waals surface area contributed by atoms with Gasteiger partial charge in [-0.25, -0.2) is 4.39 Å². The summed E-state index contributed by atoms with van der Waals surface area (Å²) in [7, 11) is -0.727. The summed E-state index contributed by atoms with van der Waals surface area (Å²) in [5, 5.41) is 6.63. The van der Waals surface area contributed by atoms with Crippen molar-refractivity contribution in [2.75, 3.05) is 12.4 Å². The predicted molar refractivity (Wildman–Crippen MR) is 120 cm³/mol. The first-order valence-corrected chi connectivity index (χ1v) is 11.6. The second-order valence-electron chi connectivity index (χ2n) is 7.59. The van der Waals surface area contributed by atoms with E-state index in [2.05, 4.69) is 15.1 Å². The number of carbonyl (C=O) groups excluding carboxylic acids is 1. The summed E-state index contributed by atoms with van der Waals surface area (Å²) >= 11 is 5.77. The summed E-state index contributed by atoms with van der Waals surface area (Å²) in [6.07, 6.45) is 3.84. The minimum atomic E-state index is -3.90. The Balaban J connectivity index is 1.55. The van der Waals surface area contributed by atoms with Crippen molar-refractivity contribution in [2.45, 2.75) is 18.5 Å². The lowest BCUT2D eigenvalue weighted by Gasteiger charge is -2.36.